The quantitative estimate of drug-likeness (QED) is 0.129. The lowest BCUT2D eigenvalue weighted by molar-refractivity contribution is -0.120. The first-order chi connectivity index (χ1) is 28.3. The molecular formula is C52H45BN2O4. The lowest BCUT2D eigenvalue weighted by Gasteiger charge is -2.44. The van der Waals surface area contributed by atoms with Gasteiger partial charge in [-0.15, -0.1) is 0 Å². The van der Waals surface area contributed by atoms with Gasteiger partial charge < -0.3 is 19.6 Å². The predicted octanol–water partition coefficient (Wildman–Crippen LogP) is 10.9. The van der Waals surface area contributed by atoms with Gasteiger partial charge in [0.15, 0.2) is 0 Å². The van der Waals surface area contributed by atoms with Crippen molar-refractivity contribution in [1.82, 2.24) is 0 Å². The lowest BCUT2D eigenvalue weighted by Crippen LogP contribution is -2.61. The van der Waals surface area contributed by atoms with Gasteiger partial charge in [-0.3, -0.25) is 4.79 Å². The molecule has 6 nitrogen and oxygen atoms in total. The van der Waals surface area contributed by atoms with Crippen molar-refractivity contribution in [3.8, 4) is 28.0 Å². The Morgan fingerprint density at radius 2 is 0.966 bits per heavy atom. The van der Waals surface area contributed by atoms with E-state index in [0.717, 1.165) is 56.4 Å². The third kappa shape index (κ3) is 6.66. The van der Waals surface area contributed by atoms with Crippen LogP contribution in [0, 0.1) is 0 Å². The van der Waals surface area contributed by atoms with Crippen molar-refractivity contribution in [2.24, 2.45) is 0 Å². The van der Waals surface area contributed by atoms with E-state index in [9.17, 15) is 14.7 Å². The highest BCUT2D eigenvalue weighted by molar-refractivity contribution is 7.00. The van der Waals surface area contributed by atoms with E-state index in [0.29, 0.717) is 12.2 Å². The largest absolute Gasteiger partial charge is 0.478 e. The number of nitrogens with zero attached hydrogens (tertiary/aromatic N) is 2. The van der Waals surface area contributed by atoms with Crippen LogP contribution in [-0.4, -0.2) is 24.3 Å². The van der Waals surface area contributed by atoms with Crippen LogP contribution in [0.25, 0.3) is 22.3 Å². The zero-order valence-electron chi connectivity index (χ0n) is 34.2. The summed E-state index contributed by atoms with van der Waals surface area (Å²) in [7, 11) is 0. The van der Waals surface area contributed by atoms with Crippen LogP contribution in [-0.2, 0) is 15.6 Å². The van der Waals surface area contributed by atoms with Crippen molar-refractivity contribution in [2.45, 2.75) is 52.4 Å². The molecule has 0 spiro atoms. The lowest BCUT2D eigenvalue weighted by atomic mass is 9.33. The van der Waals surface area contributed by atoms with E-state index < -0.39 is 5.97 Å². The Morgan fingerprint density at radius 3 is 1.37 bits per heavy atom. The summed E-state index contributed by atoms with van der Waals surface area (Å²) in [6.07, 6.45) is 0. The summed E-state index contributed by atoms with van der Waals surface area (Å²) in [6.45, 7) is 13.8. The molecule has 0 saturated heterocycles. The van der Waals surface area contributed by atoms with Gasteiger partial charge in [-0.2, -0.15) is 0 Å². The summed E-state index contributed by atoms with van der Waals surface area (Å²) < 4.78 is 5.11. The van der Waals surface area contributed by atoms with E-state index in [1.807, 2.05) is 36.4 Å². The van der Waals surface area contributed by atoms with Crippen LogP contribution in [0.4, 0.5) is 34.1 Å². The highest BCUT2D eigenvalue weighted by Crippen LogP contribution is 2.46. The average Bonchev–Trinajstić information content (AvgIpc) is 3.23. The predicted molar refractivity (Wildman–Crippen MR) is 242 cm³/mol. The molecule has 2 heterocycles. The van der Waals surface area contributed by atoms with Gasteiger partial charge in [0.05, 0.1) is 5.56 Å². The second-order valence-corrected chi connectivity index (χ2v) is 17.6. The van der Waals surface area contributed by atoms with Crippen LogP contribution in [0.3, 0.4) is 0 Å². The minimum Gasteiger partial charge on any atom is -0.478 e. The Kier molecular flexibility index (Phi) is 9.08. The molecule has 2 aliphatic rings. The van der Waals surface area contributed by atoms with Crippen molar-refractivity contribution in [1.29, 1.82) is 0 Å². The Labute approximate surface area is 346 Å². The average molecular weight is 773 g/mol. The van der Waals surface area contributed by atoms with E-state index in [-0.39, 0.29) is 23.1 Å². The molecule has 9 rings (SSSR count). The van der Waals surface area contributed by atoms with E-state index in [1.54, 1.807) is 12.1 Å². The highest BCUT2D eigenvalue weighted by atomic mass is 16.5. The maximum Gasteiger partial charge on any atom is 0.335 e. The molecule has 0 atom stereocenters. The van der Waals surface area contributed by atoms with Crippen LogP contribution in [0.2, 0.25) is 0 Å². The van der Waals surface area contributed by atoms with Gasteiger partial charge in [0.25, 0.3) is 13.2 Å². The molecule has 290 valence electrons. The van der Waals surface area contributed by atoms with E-state index in [4.69, 9.17) is 4.74 Å². The molecule has 0 amide bonds. The first-order valence-corrected chi connectivity index (χ1v) is 20.1. The van der Waals surface area contributed by atoms with Crippen molar-refractivity contribution < 1.29 is 19.4 Å². The van der Waals surface area contributed by atoms with Gasteiger partial charge in [-0.1, -0.05) is 120 Å². The van der Waals surface area contributed by atoms with Crippen molar-refractivity contribution in [2.75, 3.05) is 9.80 Å². The number of carboxylic acids is 1. The number of hydrogen-bond donors (Lipinski definition) is 1. The molecule has 0 fully saturated rings. The molecule has 0 saturated carbocycles. The Morgan fingerprint density at radius 1 is 0.542 bits per heavy atom. The van der Waals surface area contributed by atoms with Crippen LogP contribution in [0.5, 0.6) is 5.75 Å². The van der Waals surface area contributed by atoms with Crippen LogP contribution < -0.4 is 30.9 Å². The first kappa shape index (κ1) is 37.7. The van der Waals surface area contributed by atoms with Gasteiger partial charge in [0.1, 0.15) is 5.75 Å². The molecule has 7 aromatic rings. The number of aromatic carboxylic acids is 1. The minimum absolute atomic E-state index is 0.00155. The Hall–Kier alpha value is -6.86. The molecule has 0 aliphatic carbocycles. The van der Waals surface area contributed by atoms with Crippen LogP contribution in [0.1, 0.15) is 63.0 Å². The topological polar surface area (TPSA) is 70.1 Å². The van der Waals surface area contributed by atoms with Gasteiger partial charge in [-0.25, -0.2) is 4.79 Å². The Bertz CT molecular complexity index is 2750. The summed E-state index contributed by atoms with van der Waals surface area (Å²) in [5, 5.41) is 9.61. The van der Waals surface area contributed by atoms with Crippen molar-refractivity contribution in [3.63, 3.8) is 0 Å². The number of fused-ring (bicyclic) bond motifs is 4. The number of rotatable bonds is 7. The zero-order valence-corrected chi connectivity index (χ0v) is 34.2. The summed E-state index contributed by atoms with van der Waals surface area (Å²) >= 11 is 0. The van der Waals surface area contributed by atoms with E-state index in [2.05, 4.69) is 154 Å². The maximum absolute atomic E-state index is 11.7. The third-order valence-corrected chi connectivity index (χ3v) is 11.8. The molecule has 0 aromatic heterocycles. The molecule has 7 aromatic carbocycles. The molecule has 7 heteroatoms. The molecule has 1 N–H and O–H groups in total. The fourth-order valence-corrected chi connectivity index (χ4v) is 8.65. The second kappa shape index (κ2) is 14.2. The summed E-state index contributed by atoms with van der Waals surface area (Å²) in [4.78, 5) is 27.6. The number of anilines is 6. The minimum atomic E-state index is -0.943. The standard InChI is InChI=1S/C52H45BN2O4/c1-51(2,3)38-18-22-40(23-19-38)54-45-8-7-9-46-49(45)53(43-28-16-36(30-47(43)54)33-10-12-35(13-11-33)50(57)58)44-29-17-37(34-14-26-42(27-15-34)59-32-56)31-48(44)55(46)41-24-20-39(21-25-41)52(4,5)6/h7-32H,1-6H3,(H,57,58). The smallest absolute Gasteiger partial charge is 0.335 e. The summed E-state index contributed by atoms with van der Waals surface area (Å²) in [5.41, 5.74) is 17.0. The number of hydrogen-bond acceptors (Lipinski definition) is 5. The SMILES string of the molecule is CC(C)(C)c1ccc(N2c3cc(-c4ccc(OC=O)cc4)ccc3B3c4ccc(-c5ccc(C(=O)O)cc5)cc4N(c4ccc(C(C)(C)C)cc4)c4cccc2c43)cc1. The third-order valence-electron chi connectivity index (χ3n) is 11.8. The number of carbonyl (C=O) groups excluding carboxylic acids is 1. The monoisotopic (exact) mass is 772 g/mol. The molecule has 2 aliphatic heterocycles. The maximum atomic E-state index is 11.7. The Balaban J connectivity index is 1.28. The second-order valence-electron chi connectivity index (χ2n) is 17.6. The molecule has 0 bridgehead atoms. The first-order valence-electron chi connectivity index (χ1n) is 20.1. The van der Waals surface area contributed by atoms with Gasteiger partial charge in [-0.05, 0) is 133 Å². The number of carboxylic acid groups (broad SMARTS) is 1. The van der Waals surface area contributed by atoms with E-state index in [1.165, 1.54) is 27.5 Å². The van der Waals surface area contributed by atoms with Gasteiger partial charge in [0.2, 0.25) is 0 Å². The molecular weight excluding hydrogens is 727 g/mol. The number of carbonyl (C=O) groups is 2. The fourth-order valence-electron chi connectivity index (χ4n) is 8.65. The van der Waals surface area contributed by atoms with Gasteiger partial charge >= 0.3 is 5.97 Å². The fraction of sp³-hybridized carbons (Fsp3) is 0.154. The summed E-state index contributed by atoms with van der Waals surface area (Å²) in [6, 6.07) is 52.7. The summed E-state index contributed by atoms with van der Waals surface area (Å²) in [5.74, 6) is -0.445. The normalized spacial score (nSPS) is 13.0. The molecule has 0 unspecified atom stereocenters. The van der Waals surface area contributed by atoms with Crippen molar-refractivity contribution >= 4 is 69.7 Å². The highest BCUT2D eigenvalue weighted by Gasteiger charge is 2.43. The number of ether oxygens (including phenoxy) is 1. The van der Waals surface area contributed by atoms with Crippen LogP contribution in [0.15, 0.2) is 152 Å². The van der Waals surface area contributed by atoms with Crippen LogP contribution >= 0.6 is 0 Å². The van der Waals surface area contributed by atoms with Gasteiger partial charge in [0, 0.05) is 34.1 Å². The van der Waals surface area contributed by atoms with E-state index >= 15 is 0 Å². The van der Waals surface area contributed by atoms with Crippen molar-refractivity contribution in [3.05, 3.63) is 168 Å². The zero-order chi connectivity index (χ0) is 41.2. The molecule has 59 heavy (non-hydrogen) atoms. The molecule has 0 radical (unpaired) electrons. The number of benzene rings is 7.